The van der Waals surface area contributed by atoms with Crippen molar-refractivity contribution in [1.82, 2.24) is 0 Å². The lowest BCUT2D eigenvalue weighted by molar-refractivity contribution is 0.669. The topological polar surface area (TPSA) is 16.4 Å². The molecule has 2 heteroatoms. The molecule has 1 aromatic heterocycles. The third kappa shape index (κ3) is 6.09. The van der Waals surface area contributed by atoms with Crippen molar-refractivity contribution in [2.45, 2.75) is 0 Å². The van der Waals surface area contributed by atoms with Crippen LogP contribution < -0.4 is 4.90 Å². The molecule has 0 radical (unpaired) electrons. The van der Waals surface area contributed by atoms with E-state index in [2.05, 4.69) is 217 Å². The fourth-order valence-electron chi connectivity index (χ4n) is 8.49. The van der Waals surface area contributed by atoms with Crippen LogP contribution in [0.1, 0.15) is 0 Å². The van der Waals surface area contributed by atoms with Gasteiger partial charge in [0.2, 0.25) is 0 Å². The first-order chi connectivity index (χ1) is 28.7. The van der Waals surface area contributed by atoms with E-state index in [-0.39, 0.29) is 0 Å². The van der Waals surface area contributed by atoms with Crippen molar-refractivity contribution in [3.63, 3.8) is 0 Å². The van der Waals surface area contributed by atoms with Crippen LogP contribution in [0.5, 0.6) is 0 Å². The van der Waals surface area contributed by atoms with Crippen LogP contribution in [0.3, 0.4) is 0 Å². The molecule has 0 aliphatic heterocycles. The molecule has 1 heterocycles. The van der Waals surface area contributed by atoms with Gasteiger partial charge in [0.05, 0.1) is 0 Å². The predicted molar refractivity (Wildman–Crippen MR) is 245 cm³/mol. The van der Waals surface area contributed by atoms with Gasteiger partial charge in [-0.1, -0.05) is 164 Å². The van der Waals surface area contributed by atoms with Crippen molar-refractivity contribution in [3.05, 3.63) is 224 Å². The highest BCUT2D eigenvalue weighted by Gasteiger charge is 2.16. The Hall–Kier alpha value is -7.68. The zero-order valence-corrected chi connectivity index (χ0v) is 31.7. The Kier molecular flexibility index (Phi) is 8.19. The molecule has 0 atom stereocenters. The normalized spacial score (nSPS) is 11.4. The average molecular weight is 740 g/mol. The summed E-state index contributed by atoms with van der Waals surface area (Å²) in [5, 5.41) is 7.26. The maximum Gasteiger partial charge on any atom is 0.135 e. The number of hydrogen-bond acceptors (Lipinski definition) is 2. The summed E-state index contributed by atoms with van der Waals surface area (Å²) in [5.74, 6) is 0. The minimum Gasteiger partial charge on any atom is -0.456 e. The number of nitrogens with zero attached hydrogens (tertiary/aromatic N) is 1. The Morgan fingerprint density at radius 1 is 0.259 bits per heavy atom. The highest BCUT2D eigenvalue weighted by Crippen LogP contribution is 2.41. The second-order valence-corrected chi connectivity index (χ2v) is 15.0. The van der Waals surface area contributed by atoms with Crippen molar-refractivity contribution in [3.8, 4) is 44.5 Å². The van der Waals surface area contributed by atoms with Crippen molar-refractivity contribution >= 4 is 60.5 Å². The quantitative estimate of drug-likeness (QED) is 0.162. The fourth-order valence-corrected chi connectivity index (χ4v) is 8.49. The molecule has 58 heavy (non-hydrogen) atoms. The van der Waals surface area contributed by atoms with Gasteiger partial charge in [0.25, 0.3) is 0 Å². The van der Waals surface area contributed by atoms with Crippen LogP contribution in [0, 0.1) is 0 Å². The van der Waals surface area contributed by atoms with Crippen LogP contribution in [-0.4, -0.2) is 0 Å². The van der Waals surface area contributed by atoms with E-state index in [0.29, 0.717) is 0 Å². The summed E-state index contributed by atoms with van der Waals surface area (Å²) in [6.07, 6.45) is 0. The van der Waals surface area contributed by atoms with Crippen LogP contribution in [0.25, 0.3) is 88.0 Å². The summed E-state index contributed by atoms with van der Waals surface area (Å²) in [6, 6.07) is 80.8. The van der Waals surface area contributed by atoms with Gasteiger partial charge in [0.1, 0.15) is 11.2 Å². The molecule has 10 aromatic carbocycles. The van der Waals surface area contributed by atoms with Crippen molar-refractivity contribution in [2.24, 2.45) is 0 Å². The van der Waals surface area contributed by atoms with Gasteiger partial charge in [-0.15, -0.1) is 0 Å². The highest BCUT2D eigenvalue weighted by atomic mass is 16.3. The van der Waals surface area contributed by atoms with Gasteiger partial charge in [-0.05, 0) is 127 Å². The van der Waals surface area contributed by atoms with Gasteiger partial charge in [-0.2, -0.15) is 0 Å². The molecular formula is C56H37NO. The number of furan rings is 1. The molecule has 0 amide bonds. The molecule has 0 aliphatic carbocycles. The third-order valence-electron chi connectivity index (χ3n) is 11.4. The van der Waals surface area contributed by atoms with Crippen LogP contribution in [0.15, 0.2) is 229 Å². The number of rotatable bonds is 7. The van der Waals surface area contributed by atoms with Crippen LogP contribution >= 0.6 is 0 Å². The van der Waals surface area contributed by atoms with E-state index in [1.54, 1.807) is 0 Å². The monoisotopic (exact) mass is 739 g/mol. The second-order valence-electron chi connectivity index (χ2n) is 15.0. The molecule has 0 N–H and O–H groups in total. The lowest BCUT2D eigenvalue weighted by Gasteiger charge is -2.27. The van der Waals surface area contributed by atoms with Crippen molar-refractivity contribution in [1.29, 1.82) is 0 Å². The van der Waals surface area contributed by atoms with Gasteiger partial charge in [-0.3, -0.25) is 0 Å². The summed E-state index contributed by atoms with van der Waals surface area (Å²) >= 11 is 0. The Morgan fingerprint density at radius 3 is 1.53 bits per heavy atom. The fraction of sp³-hybridized carbons (Fsp3) is 0. The van der Waals surface area contributed by atoms with Crippen molar-refractivity contribution < 1.29 is 4.42 Å². The number of anilines is 3. The number of benzene rings is 10. The van der Waals surface area contributed by atoms with E-state index in [0.717, 1.165) is 50.1 Å². The van der Waals surface area contributed by atoms with Gasteiger partial charge >= 0.3 is 0 Å². The van der Waals surface area contributed by atoms with Gasteiger partial charge in [0.15, 0.2) is 0 Å². The molecule has 272 valence electrons. The molecule has 0 unspecified atom stereocenters. The standard InChI is InChI=1S/C56H37NO/c1-2-12-43-34-46(27-24-38(43)10-1)44-14-7-16-49(35-44)57(50-17-8-15-45(36-50)47-30-33-56-54(37-47)53-19-5-6-21-55(53)58-56)48-31-28-40(29-32-48)39-22-25-42(26-23-39)52-20-9-13-41-11-3-4-18-51(41)52/h1-37H. The number of para-hydroxylation sites is 1. The Morgan fingerprint density at radius 2 is 0.776 bits per heavy atom. The van der Waals surface area contributed by atoms with E-state index < -0.39 is 0 Å². The molecule has 0 saturated heterocycles. The van der Waals surface area contributed by atoms with E-state index >= 15 is 0 Å². The first-order valence-electron chi connectivity index (χ1n) is 19.8. The SMILES string of the molecule is c1cc(-c2ccc3ccccc3c2)cc(N(c2ccc(-c3ccc(-c4cccc5ccccc45)cc3)cc2)c2cccc(-c3ccc4oc5ccccc5c4c3)c2)c1. The third-order valence-corrected chi connectivity index (χ3v) is 11.4. The molecule has 0 fully saturated rings. The maximum atomic E-state index is 6.17. The number of hydrogen-bond donors (Lipinski definition) is 0. The minimum absolute atomic E-state index is 0.900. The molecule has 0 bridgehead atoms. The summed E-state index contributed by atoms with van der Waals surface area (Å²) in [4.78, 5) is 2.37. The zero-order valence-electron chi connectivity index (χ0n) is 31.7. The second kappa shape index (κ2) is 14.1. The first kappa shape index (κ1) is 33.6. The van der Waals surface area contributed by atoms with E-state index in [4.69, 9.17) is 4.42 Å². The predicted octanol–water partition coefficient (Wildman–Crippen LogP) is 16.0. The van der Waals surface area contributed by atoms with Gasteiger partial charge < -0.3 is 9.32 Å². The first-order valence-corrected chi connectivity index (χ1v) is 19.8. The van der Waals surface area contributed by atoms with Crippen molar-refractivity contribution in [2.75, 3.05) is 4.90 Å². The molecule has 0 spiro atoms. The Bertz CT molecular complexity index is 3280. The van der Waals surface area contributed by atoms with Gasteiger partial charge in [0, 0.05) is 27.8 Å². The molecule has 0 saturated carbocycles. The molecule has 0 aliphatic rings. The molecule has 11 aromatic rings. The van der Waals surface area contributed by atoms with Crippen LogP contribution in [0.2, 0.25) is 0 Å². The summed E-state index contributed by atoms with van der Waals surface area (Å²) in [5.41, 5.74) is 14.5. The summed E-state index contributed by atoms with van der Waals surface area (Å²) in [6.45, 7) is 0. The van der Waals surface area contributed by atoms with E-state index in [1.807, 2.05) is 12.1 Å². The summed E-state index contributed by atoms with van der Waals surface area (Å²) in [7, 11) is 0. The lowest BCUT2D eigenvalue weighted by atomic mass is 9.96. The Labute approximate surface area is 337 Å². The largest absolute Gasteiger partial charge is 0.456 e. The highest BCUT2D eigenvalue weighted by molar-refractivity contribution is 6.06. The van der Waals surface area contributed by atoms with E-state index in [9.17, 15) is 0 Å². The molecule has 2 nitrogen and oxygen atoms in total. The zero-order chi connectivity index (χ0) is 38.4. The van der Waals surface area contributed by atoms with E-state index in [1.165, 1.54) is 54.9 Å². The molecular weight excluding hydrogens is 703 g/mol. The summed E-state index contributed by atoms with van der Waals surface area (Å²) < 4.78 is 6.17. The van der Waals surface area contributed by atoms with Crippen LogP contribution in [0.4, 0.5) is 17.1 Å². The molecule has 11 rings (SSSR count). The lowest BCUT2D eigenvalue weighted by Crippen LogP contribution is -2.10. The smallest absolute Gasteiger partial charge is 0.135 e. The average Bonchev–Trinajstić information content (AvgIpc) is 3.67. The minimum atomic E-state index is 0.900. The maximum absolute atomic E-state index is 6.17. The van der Waals surface area contributed by atoms with Gasteiger partial charge in [-0.25, -0.2) is 0 Å². The Balaban J connectivity index is 0.985. The number of fused-ring (bicyclic) bond motifs is 5. The van der Waals surface area contributed by atoms with Crippen LogP contribution in [-0.2, 0) is 0 Å².